The summed E-state index contributed by atoms with van der Waals surface area (Å²) in [5, 5.41) is 2.58. The van der Waals surface area contributed by atoms with Gasteiger partial charge in [-0.05, 0) is 12.3 Å². The molecular formula is C12H22N2OS. The number of aromatic nitrogens is 1. The number of hydrogen-bond donors (Lipinski definition) is 1. The van der Waals surface area contributed by atoms with Crippen molar-refractivity contribution in [3.63, 3.8) is 0 Å². The third-order valence-corrected chi connectivity index (χ3v) is 3.44. The highest BCUT2D eigenvalue weighted by molar-refractivity contribution is 7.13. The van der Waals surface area contributed by atoms with Crippen LogP contribution in [0.5, 0.6) is 0 Å². The maximum Gasteiger partial charge on any atom is 0.180 e. The fourth-order valence-electron chi connectivity index (χ4n) is 1.62. The van der Waals surface area contributed by atoms with E-state index in [0.29, 0.717) is 17.7 Å². The van der Waals surface area contributed by atoms with Gasteiger partial charge in [-0.15, -0.1) is 11.3 Å². The van der Waals surface area contributed by atoms with Crippen LogP contribution in [0.3, 0.4) is 0 Å². The van der Waals surface area contributed by atoms with Crippen molar-refractivity contribution in [2.24, 2.45) is 5.92 Å². The van der Waals surface area contributed by atoms with Crippen molar-refractivity contribution in [1.82, 2.24) is 4.98 Å². The number of nitrogens with two attached hydrogens (primary N) is 1. The van der Waals surface area contributed by atoms with E-state index in [4.69, 9.17) is 10.5 Å². The van der Waals surface area contributed by atoms with Crippen molar-refractivity contribution in [2.45, 2.75) is 46.1 Å². The zero-order chi connectivity index (χ0) is 11.8. The van der Waals surface area contributed by atoms with Gasteiger partial charge in [-0.1, -0.05) is 33.1 Å². The number of anilines is 1. The Morgan fingerprint density at radius 1 is 1.50 bits per heavy atom. The number of hydrogen-bond acceptors (Lipinski definition) is 4. The summed E-state index contributed by atoms with van der Waals surface area (Å²) in [6.07, 6.45) is 5.02. The SMILES string of the molecule is CCCCC(CC)COCc1csc(N)n1. The van der Waals surface area contributed by atoms with Gasteiger partial charge in [0.05, 0.1) is 12.3 Å². The molecule has 0 aliphatic heterocycles. The second kappa shape index (κ2) is 7.63. The topological polar surface area (TPSA) is 48.1 Å². The van der Waals surface area contributed by atoms with E-state index in [1.807, 2.05) is 5.38 Å². The number of nitrogen functional groups attached to an aromatic ring is 1. The largest absolute Gasteiger partial charge is 0.375 e. The molecule has 3 nitrogen and oxygen atoms in total. The summed E-state index contributed by atoms with van der Waals surface area (Å²) >= 11 is 1.47. The van der Waals surface area contributed by atoms with E-state index in [1.165, 1.54) is 37.0 Å². The van der Waals surface area contributed by atoms with Gasteiger partial charge in [-0.2, -0.15) is 0 Å². The van der Waals surface area contributed by atoms with Gasteiger partial charge < -0.3 is 10.5 Å². The molecule has 0 radical (unpaired) electrons. The lowest BCUT2D eigenvalue weighted by Gasteiger charge is -2.13. The first-order chi connectivity index (χ1) is 7.76. The van der Waals surface area contributed by atoms with Gasteiger partial charge in [-0.25, -0.2) is 4.98 Å². The minimum absolute atomic E-state index is 0.594. The van der Waals surface area contributed by atoms with Gasteiger partial charge in [0.25, 0.3) is 0 Å². The van der Waals surface area contributed by atoms with Crippen molar-refractivity contribution in [2.75, 3.05) is 12.3 Å². The van der Waals surface area contributed by atoms with E-state index in [0.717, 1.165) is 12.3 Å². The lowest BCUT2D eigenvalue weighted by atomic mass is 10.0. The normalized spacial score (nSPS) is 12.9. The number of thiazole rings is 1. The number of ether oxygens (including phenoxy) is 1. The first kappa shape index (κ1) is 13.5. The van der Waals surface area contributed by atoms with Crippen molar-refractivity contribution >= 4 is 16.5 Å². The van der Waals surface area contributed by atoms with Gasteiger partial charge in [0.15, 0.2) is 5.13 Å². The molecule has 4 heteroatoms. The van der Waals surface area contributed by atoms with Crippen LogP contribution >= 0.6 is 11.3 Å². The molecule has 0 saturated heterocycles. The second-order valence-corrected chi connectivity index (χ2v) is 5.00. The van der Waals surface area contributed by atoms with Crippen LogP contribution in [-0.4, -0.2) is 11.6 Å². The molecule has 0 bridgehead atoms. The van der Waals surface area contributed by atoms with Gasteiger partial charge in [0.2, 0.25) is 0 Å². The standard InChI is InChI=1S/C12H22N2OS/c1-3-5-6-10(4-2)7-15-8-11-9-16-12(13)14-11/h9-10H,3-8H2,1-2H3,(H2,13,14). The van der Waals surface area contributed by atoms with Gasteiger partial charge in [0, 0.05) is 12.0 Å². The molecule has 2 N–H and O–H groups in total. The Morgan fingerprint density at radius 3 is 2.88 bits per heavy atom. The molecule has 1 aromatic rings. The zero-order valence-electron chi connectivity index (χ0n) is 10.2. The molecule has 0 aromatic carbocycles. The smallest absolute Gasteiger partial charge is 0.180 e. The lowest BCUT2D eigenvalue weighted by Crippen LogP contribution is -2.09. The highest BCUT2D eigenvalue weighted by Gasteiger charge is 2.06. The van der Waals surface area contributed by atoms with E-state index in [1.54, 1.807) is 0 Å². The Bertz CT molecular complexity index is 288. The Morgan fingerprint density at radius 2 is 2.31 bits per heavy atom. The zero-order valence-corrected chi connectivity index (χ0v) is 11.1. The predicted molar refractivity (Wildman–Crippen MR) is 69.5 cm³/mol. The Hall–Kier alpha value is -0.610. The third kappa shape index (κ3) is 4.94. The van der Waals surface area contributed by atoms with Crippen LogP contribution in [0.2, 0.25) is 0 Å². The maximum atomic E-state index is 5.67. The maximum absolute atomic E-state index is 5.67. The fourth-order valence-corrected chi connectivity index (χ4v) is 2.16. The van der Waals surface area contributed by atoms with E-state index in [2.05, 4.69) is 18.8 Å². The highest BCUT2D eigenvalue weighted by Crippen LogP contribution is 2.15. The van der Waals surface area contributed by atoms with Crippen molar-refractivity contribution in [3.05, 3.63) is 11.1 Å². The molecule has 0 aliphatic carbocycles. The van der Waals surface area contributed by atoms with Gasteiger partial charge in [-0.3, -0.25) is 0 Å². The van der Waals surface area contributed by atoms with Crippen LogP contribution in [0, 0.1) is 5.92 Å². The molecule has 1 rings (SSSR count). The third-order valence-electron chi connectivity index (χ3n) is 2.72. The molecule has 16 heavy (non-hydrogen) atoms. The summed E-state index contributed by atoms with van der Waals surface area (Å²) in [6.45, 7) is 5.89. The van der Waals surface area contributed by atoms with Crippen LogP contribution in [-0.2, 0) is 11.3 Å². The summed E-state index contributed by atoms with van der Waals surface area (Å²) in [4.78, 5) is 4.17. The van der Waals surface area contributed by atoms with E-state index >= 15 is 0 Å². The first-order valence-electron chi connectivity index (χ1n) is 6.03. The fraction of sp³-hybridized carbons (Fsp3) is 0.750. The molecule has 92 valence electrons. The minimum Gasteiger partial charge on any atom is -0.375 e. The average molecular weight is 242 g/mol. The molecule has 0 amide bonds. The number of nitrogens with zero attached hydrogens (tertiary/aromatic N) is 1. The lowest BCUT2D eigenvalue weighted by molar-refractivity contribution is 0.0803. The Kier molecular flexibility index (Phi) is 6.42. The summed E-state index contributed by atoms with van der Waals surface area (Å²) in [5.74, 6) is 0.691. The molecular weight excluding hydrogens is 220 g/mol. The summed E-state index contributed by atoms with van der Waals surface area (Å²) in [6, 6.07) is 0. The van der Waals surface area contributed by atoms with Crippen LogP contribution in [0.15, 0.2) is 5.38 Å². The van der Waals surface area contributed by atoms with E-state index in [-0.39, 0.29) is 0 Å². The van der Waals surface area contributed by atoms with Crippen molar-refractivity contribution in [1.29, 1.82) is 0 Å². The van der Waals surface area contributed by atoms with E-state index in [9.17, 15) is 0 Å². The van der Waals surface area contributed by atoms with Crippen LogP contribution < -0.4 is 5.73 Å². The molecule has 1 unspecified atom stereocenters. The predicted octanol–water partition coefficient (Wildman–Crippen LogP) is 3.46. The molecule has 0 aliphatic rings. The molecule has 0 saturated carbocycles. The monoisotopic (exact) mass is 242 g/mol. The molecule has 0 spiro atoms. The van der Waals surface area contributed by atoms with Crippen LogP contribution in [0.1, 0.15) is 45.2 Å². The minimum atomic E-state index is 0.594. The first-order valence-corrected chi connectivity index (χ1v) is 6.91. The summed E-state index contributed by atoms with van der Waals surface area (Å²) in [7, 11) is 0. The molecule has 1 aromatic heterocycles. The van der Waals surface area contributed by atoms with Gasteiger partial charge in [0.1, 0.15) is 0 Å². The number of unbranched alkanes of at least 4 members (excludes halogenated alkanes) is 1. The summed E-state index contributed by atoms with van der Waals surface area (Å²) < 4.78 is 5.67. The molecule has 1 heterocycles. The number of rotatable bonds is 8. The highest BCUT2D eigenvalue weighted by atomic mass is 32.1. The van der Waals surface area contributed by atoms with Crippen LogP contribution in [0.4, 0.5) is 5.13 Å². The summed E-state index contributed by atoms with van der Waals surface area (Å²) in [5.41, 5.74) is 6.51. The van der Waals surface area contributed by atoms with Crippen molar-refractivity contribution in [3.8, 4) is 0 Å². The quantitative estimate of drug-likeness (QED) is 0.759. The van der Waals surface area contributed by atoms with Crippen molar-refractivity contribution < 1.29 is 4.74 Å². The van der Waals surface area contributed by atoms with E-state index < -0.39 is 0 Å². The van der Waals surface area contributed by atoms with Crippen LogP contribution in [0.25, 0.3) is 0 Å². The Balaban J connectivity index is 2.17. The Labute approximate surface area is 102 Å². The second-order valence-electron chi connectivity index (χ2n) is 4.11. The average Bonchev–Trinajstić information content (AvgIpc) is 2.69. The van der Waals surface area contributed by atoms with Gasteiger partial charge >= 0.3 is 0 Å². The molecule has 1 atom stereocenters. The molecule has 0 fully saturated rings.